The van der Waals surface area contributed by atoms with Gasteiger partial charge >= 0.3 is 36.3 Å². The van der Waals surface area contributed by atoms with Crippen LogP contribution in [0.2, 0.25) is 0 Å². The maximum Gasteiger partial charge on any atom is 0.458 e. The molecule has 7 nitrogen and oxygen atoms in total. The molecule has 2 rings (SSSR count). The molecular weight excluding hydrogens is 562 g/mol. The van der Waals surface area contributed by atoms with Crippen LogP contribution in [0.1, 0.15) is 18.1 Å². The van der Waals surface area contributed by atoms with Crippen molar-refractivity contribution in [1.82, 2.24) is 5.32 Å². The molecule has 0 heterocycles. The summed E-state index contributed by atoms with van der Waals surface area (Å²) in [5.74, 6) is -4.25. The highest BCUT2D eigenvalue weighted by Gasteiger charge is 2.75. The van der Waals surface area contributed by atoms with Crippen molar-refractivity contribution in [3.8, 4) is 5.75 Å². The van der Waals surface area contributed by atoms with Gasteiger partial charge in [0.1, 0.15) is 11.6 Å². The summed E-state index contributed by atoms with van der Waals surface area (Å²) in [6.45, 7) is 1.58. The Hall–Kier alpha value is -3.76. The first-order valence-electron chi connectivity index (χ1n) is 10.4. The number of carbonyl (C=O) groups excluding carboxylic acids is 2. The van der Waals surface area contributed by atoms with E-state index in [1.165, 1.54) is 0 Å². The first-order valence-corrected chi connectivity index (χ1v) is 10.4. The molecule has 3 N–H and O–H groups in total. The van der Waals surface area contributed by atoms with Gasteiger partial charge < -0.3 is 19.9 Å². The molecule has 0 aliphatic rings. The van der Waals surface area contributed by atoms with E-state index in [2.05, 4.69) is 9.47 Å². The fourth-order valence-electron chi connectivity index (χ4n) is 3.10. The van der Waals surface area contributed by atoms with Crippen LogP contribution in [0.4, 0.5) is 54.4 Å². The molecule has 0 saturated carbocycles. The van der Waals surface area contributed by atoms with Gasteiger partial charge in [-0.05, 0) is 49.7 Å². The zero-order valence-corrected chi connectivity index (χ0v) is 19.6. The Morgan fingerprint density at radius 1 is 0.872 bits per heavy atom. The van der Waals surface area contributed by atoms with Crippen LogP contribution in [-0.4, -0.2) is 48.0 Å². The van der Waals surface area contributed by atoms with Gasteiger partial charge in [0.25, 0.3) is 5.60 Å². The number of anilines is 1. The minimum absolute atomic E-state index is 0.418. The Bertz CT molecular complexity index is 1180. The van der Waals surface area contributed by atoms with Crippen LogP contribution in [0.15, 0.2) is 42.5 Å². The quantitative estimate of drug-likeness (QED) is 0.230. The second-order valence-electron chi connectivity index (χ2n) is 7.77. The average molecular weight is 580 g/mol. The number of nitrogens with one attached hydrogen (secondary N) is 2. The molecule has 0 aliphatic heterocycles. The number of alkyl halides is 9. The van der Waals surface area contributed by atoms with Gasteiger partial charge in [-0.3, -0.25) is 5.32 Å². The normalized spacial score (nSPS) is 14.3. The van der Waals surface area contributed by atoms with Crippen molar-refractivity contribution in [2.45, 2.75) is 43.7 Å². The lowest BCUT2D eigenvalue weighted by molar-refractivity contribution is -0.364. The van der Waals surface area contributed by atoms with E-state index in [0.717, 1.165) is 13.8 Å². The third kappa shape index (κ3) is 6.29. The van der Waals surface area contributed by atoms with E-state index in [1.807, 2.05) is 0 Å². The van der Waals surface area contributed by atoms with Crippen LogP contribution in [0, 0.1) is 12.7 Å². The van der Waals surface area contributed by atoms with Crippen molar-refractivity contribution in [3.63, 3.8) is 0 Å². The van der Waals surface area contributed by atoms with Gasteiger partial charge in [0, 0.05) is 11.3 Å². The number of hydrogen-bond acceptors (Lipinski definition) is 5. The summed E-state index contributed by atoms with van der Waals surface area (Å²) in [5.41, 5.74) is -11.7. The monoisotopic (exact) mass is 580 g/mol. The fraction of sp³-hybridized carbons (Fsp3) is 0.364. The van der Waals surface area contributed by atoms with Crippen molar-refractivity contribution >= 4 is 17.7 Å². The van der Waals surface area contributed by atoms with E-state index >= 15 is 0 Å². The van der Waals surface area contributed by atoms with Gasteiger partial charge in [-0.25, -0.2) is 14.0 Å². The summed E-state index contributed by atoms with van der Waals surface area (Å²) >= 11 is 0. The minimum Gasteiger partial charge on any atom is -0.463 e. The number of hydrogen-bond donors (Lipinski definition) is 3. The van der Waals surface area contributed by atoms with Gasteiger partial charge in [0.15, 0.2) is 0 Å². The molecule has 0 radical (unpaired) electrons. The number of rotatable bonds is 7. The molecule has 2 aromatic carbocycles. The van der Waals surface area contributed by atoms with Crippen molar-refractivity contribution in [2.75, 3.05) is 11.9 Å². The van der Waals surface area contributed by atoms with Crippen LogP contribution in [0.25, 0.3) is 0 Å². The Balaban J connectivity index is 2.45. The molecular formula is C22H18F10N2O5. The fourth-order valence-corrected chi connectivity index (χ4v) is 3.10. The van der Waals surface area contributed by atoms with E-state index in [0.29, 0.717) is 47.8 Å². The molecule has 0 spiro atoms. The second kappa shape index (κ2) is 10.8. The molecule has 1 unspecified atom stereocenters. The molecule has 0 bridgehead atoms. The zero-order valence-electron chi connectivity index (χ0n) is 19.6. The van der Waals surface area contributed by atoms with Gasteiger partial charge in [0.2, 0.25) is 0 Å². The molecule has 39 heavy (non-hydrogen) atoms. The Kier molecular flexibility index (Phi) is 8.70. The molecule has 0 aromatic heterocycles. The summed E-state index contributed by atoms with van der Waals surface area (Å²) in [6.07, 6.45) is -18.3. The second-order valence-corrected chi connectivity index (χ2v) is 7.77. The SMILES string of the molecule is CCOC(=O)C(O)(c1ccc(NC(=O)NC(Oc2ccc(F)cc2)(C(F)(F)F)C(F)(F)F)c(C)c1)C(F)(F)F. The number of amides is 2. The van der Waals surface area contributed by atoms with Crippen LogP contribution in [-0.2, 0) is 15.1 Å². The smallest absolute Gasteiger partial charge is 0.458 e. The van der Waals surface area contributed by atoms with Crippen LogP contribution in [0.5, 0.6) is 5.75 Å². The number of urea groups is 1. The largest absolute Gasteiger partial charge is 0.463 e. The minimum atomic E-state index is -6.33. The van der Waals surface area contributed by atoms with Crippen molar-refractivity contribution < 1.29 is 68.1 Å². The summed E-state index contributed by atoms with van der Waals surface area (Å²) in [7, 11) is 0. The number of benzene rings is 2. The molecule has 1 atom stereocenters. The predicted molar refractivity (Wildman–Crippen MR) is 112 cm³/mol. The van der Waals surface area contributed by atoms with E-state index in [1.54, 1.807) is 5.32 Å². The zero-order chi connectivity index (χ0) is 30.0. The third-order valence-electron chi connectivity index (χ3n) is 5.05. The Morgan fingerprint density at radius 3 is 1.85 bits per heavy atom. The third-order valence-corrected chi connectivity index (χ3v) is 5.05. The van der Waals surface area contributed by atoms with Gasteiger partial charge in [0.05, 0.1) is 6.61 Å². The lowest BCUT2D eigenvalue weighted by Crippen LogP contribution is -2.71. The van der Waals surface area contributed by atoms with Crippen LogP contribution < -0.4 is 15.4 Å². The van der Waals surface area contributed by atoms with Gasteiger partial charge in [-0.1, -0.05) is 12.1 Å². The first-order chi connectivity index (χ1) is 17.7. The van der Waals surface area contributed by atoms with Crippen LogP contribution >= 0.6 is 0 Å². The number of aliphatic hydroxyl groups is 1. The maximum absolute atomic E-state index is 13.7. The van der Waals surface area contributed by atoms with E-state index in [4.69, 9.17) is 0 Å². The number of esters is 1. The molecule has 0 saturated heterocycles. The summed E-state index contributed by atoms with van der Waals surface area (Å²) in [5, 5.41) is 12.4. The molecule has 216 valence electrons. The highest BCUT2D eigenvalue weighted by Crippen LogP contribution is 2.45. The topological polar surface area (TPSA) is 96.9 Å². The summed E-state index contributed by atoms with van der Waals surface area (Å²) < 4.78 is 144. The molecule has 2 amide bonds. The van der Waals surface area contributed by atoms with Crippen LogP contribution in [0.3, 0.4) is 0 Å². The lowest BCUT2D eigenvalue weighted by Gasteiger charge is -2.37. The van der Waals surface area contributed by atoms with Gasteiger partial charge in [-0.2, -0.15) is 39.5 Å². The summed E-state index contributed by atoms with van der Waals surface area (Å²) in [6, 6.07) is 1.25. The predicted octanol–water partition coefficient (Wildman–Crippen LogP) is 5.47. The highest BCUT2D eigenvalue weighted by atomic mass is 19.4. The molecule has 17 heteroatoms. The standard InChI is InChI=1S/C22H18F10N2O5/c1-3-38-16(35)18(37,20(24,25)26)12-4-9-15(11(2)10-12)33-17(36)34-19(21(27,28)29,22(30,31)32)39-14-7-5-13(23)6-8-14/h4-10,37H,3H2,1-2H3,(H2,33,34,36). The van der Waals surface area contributed by atoms with Gasteiger partial charge in [-0.15, -0.1) is 0 Å². The number of halogens is 10. The first kappa shape index (κ1) is 31.5. The van der Waals surface area contributed by atoms with Crippen molar-refractivity contribution in [3.05, 3.63) is 59.4 Å². The highest BCUT2D eigenvalue weighted by molar-refractivity contribution is 5.91. The molecule has 2 aromatic rings. The average Bonchev–Trinajstić information content (AvgIpc) is 2.78. The number of aryl methyl sites for hydroxylation is 1. The number of carbonyl (C=O) groups is 2. The van der Waals surface area contributed by atoms with Crippen molar-refractivity contribution in [2.24, 2.45) is 0 Å². The van der Waals surface area contributed by atoms with E-state index in [9.17, 15) is 58.6 Å². The molecule has 0 fully saturated rings. The number of ether oxygens (including phenoxy) is 2. The maximum atomic E-state index is 13.7. The van der Waals surface area contributed by atoms with E-state index < -0.39 is 76.8 Å². The Labute approximate surface area is 212 Å². The summed E-state index contributed by atoms with van der Waals surface area (Å²) in [4.78, 5) is 24.2. The molecule has 0 aliphatic carbocycles. The van der Waals surface area contributed by atoms with Crippen molar-refractivity contribution in [1.29, 1.82) is 0 Å². The Morgan fingerprint density at radius 2 is 1.41 bits per heavy atom. The van der Waals surface area contributed by atoms with E-state index in [-0.39, 0.29) is 0 Å². The lowest BCUT2D eigenvalue weighted by atomic mass is 9.91.